The highest BCUT2D eigenvalue weighted by atomic mass is 79.9. The van der Waals surface area contributed by atoms with Gasteiger partial charge in [0.05, 0.1) is 5.69 Å². The topological polar surface area (TPSA) is 38.9 Å². The lowest BCUT2D eigenvalue weighted by Gasteiger charge is -1.99. The van der Waals surface area contributed by atoms with E-state index in [0.29, 0.717) is 11.0 Å². The van der Waals surface area contributed by atoms with E-state index in [4.69, 9.17) is 17.3 Å². The molecule has 0 saturated heterocycles. The second kappa shape index (κ2) is 6.23. The second-order valence-corrected chi connectivity index (χ2v) is 4.62. The van der Waals surface area contributed by atoms with Gasteiger partial charge in [0, 0.05) is 16.3 Å². The van der Waals surface area contributed by atoms with Crippen LogP contribution in [-0.4, -0.2) is 10.9 Å². The van der Waals surface area contributed by atoms with Gasteiger partial charge in [-0.2, -0.15) is 0 Å². The third-order valence-corrected chi connectivity index (χ3v) is 3.22. The highest BCUT2D eigenvalue weighted by Crippen LogP contribution is 2.29. The van der Waals surface area contributed by atoms with Crippen molar-refractivity contribution in [1.29, 1.82) is 0 Å². The Morgan fingerprint density at radius 1 is 1.25 bits per heavy atom. The molecule has 16 heavy (non-hydrogen) atoms. The average Bonchev–Trinajstić information content (AvgIpc) is 2.62. The van der Waals surface area contributed by atoms with Crippen LogP contribution in [0, 0.1) is 0 Å². The molecule has 1 heterocycles. The standard InChI is InChI=1S/C11H11ClN2S.BrH/c12-7-6-9-10(14-11(13)15-9)8-4-2-1-3-5-8;/h1-5H,6-7H2,(H2,13,14);1H. The van der Waals surface area contributed by atoms with Crippen LogP contribution in [0.5, 0.6) is 0 Å². The van der Waals surface area contributed by atoms with Gasteiger partial charge in [-0.05, 0) is 6.42 Å². The molecular formula is C11H12BrClN2S. The lowest BCUT2D eigenvalue weighted by molar-refractivity contribution is 1.18. The van der Waals surface area contributed by atoms with Crippen molar-refractivity contribution < 1.29 is 0 Å². The molecule has 2 aromatic rings. The summed E-state index contributed by atoms with van der Waals surface area (Å²) >= 11 is 7.26. The number of hydrogen-bond donors (Lipinski definition) is 1. The van der Waals surface area contributed by atoms with Crippen molar-refractivity contribution in [3.63, 3.8) is 0 Å². The molecule has 0 aliphatic heterocycles. The van der Waals surface area contributed by atoms with Crippen molar-refractivity contribution >= 4 is 45.1 Å². The monoisotopic (exact) mass is 318 g/mol. The maximum absolute atomic E-state index is 5.74. The molecule has 0 radical (unpaired) electrons. The molecule has 0 atom stereocenters. The first-order valence-electron chi connectivity index (χ1n) is 4.68. The molecule has 0 aliphatic carbocycles. The first kappa shape index (κ1) is 13.5. The average molecular weight is 320 g/mol. The summed E-state index contributed by atoms with van der Waals surface area (Å²) < 4.78 is 0. The largest absolute Gasteiger partial charge is 0.375 e. The van der Waals surface area contributed by atoms with Crippen molar-refractivity contribution in [2.75, 3.05) is 11.6 Å². The lowest BCUT2D eigenvalue weighted by atomic mass is 10.1. The van der Waals surface area contributed by atoms with E-state index < -0.39 is 0 Å². The van der Waals surface area contributed by atoms with Crippen LogP contribution in [0.1, 0.15) is 4.88 Å². The molecule has 0 unspecified atom stereocenters. The maximum atomic E-state index is 5.74. The first-order valence-corrected chi connectivity index (χ1v) is 6.03. The fourth-order valence-electron chi connectivity index (χ4n) is 1.45. The molecule has 2 N–H and O–H groups in total. The third kappa shape index (κ3) is 2.97. The Kier molecular flexibility index (Phi) is 5.25. The van der Waals surface area contributed by atoms with E-state index in [1.165, 1.54) is 11.3 Å². The molecule has 0 aliphatic rings. The van der Waals surface area contributed by atoms with Gasteiger partial charge >= 0.3 is 0 Å². The zero-order chi connectivity index (χ0) is 10.7. The van der Waals surface area contributed by atoms with Gasteiger partial charge < -0.3 is 5.73 Å². The number of aryl methyl sites for hydroxylation is 1. The van der Waals surface area contributed by atoms with E-state index >= 15 is 0 Å². The van der Waals surface area contributed by atoms with Crippen LogP contribution in [0.4, 0.5) is 5.13 Å². The summed E-state index contributed by atoms with van der Waals surface area (Å²) in [6.07, 6.45) is 0.820. The summed E-state index contributed by atoms with van der Waals surface area (Å²) in [7, 11) is 0. The van der Waals surface area contributed by atoms with E-state index in [2.05, 4.69) is 4.98 Å². The lowest BCUT2D eigenvalue weighted by Crippen LogP contribution is -1.87. The molecule has 0 saturated carbocycles. The maximum Gasteiger partial charge on any atom is 0.180 e. The Bertz CT molecular complexity index is 445. The Labute approximate surface area is 114 Å². The van der Waals surface area contributed by atoms with Gasteiger partial charge in [-0.3, -0.25) is 0 Å². The minimum atomic E-state index is 0. The van der Waals surface area contributed by atoms with E-state index in [-0.39, 0.29) is 17.0 Å². The van der Waals surface area contributed by atoms with Crippen LogP contribution >= 0.6 is 39.9 Å². The summed E-state index contributed by atoms with van der Waals surface area (Å²) in [5, 5.41) is 0.606. The van der Waals surface area contributed by atoms with Crippen LogP contribution < -0.4 is 5.73 Å². The Morgan fingerprint density at radius 3 is 2.56 bits per heavy atom. The number of aromatic nitrogens is 1. The first-order chi connectivity index (χ1) is 7.31. The number of anilines is 1. The number of thiazole rings is 1. The number of hydrogen-bond acceptors (Lipinski definition) is 3. The molecule has 0 amide bonds. The van der Waals surface area contributed by atoms with Gasteiger partial charge in [0.1, 0.15) is 0 Å². The number of nitrogens with two attached hydrogens (primary N) is 1. The minimum Gasteiger partial charge on any atom is -0.375 e. The van der Waals surface area contributed by atoms with Crippen LogP contribution in [0.25, 0.3) is 11.3 Å². The van der Waals surface area contributed by atoms with E-state index in [1.54, 1.807) is 0 Å². The van der Waals surface area contributed by atoms with Crippen LogP contribution in [0.2, 0.25) is 0 Å². The van der Waals surface area contributed by atoms with Gasteiger partial charge in [-0.15, -0.1) is 39.9 Å². The zero-order valence-electron chi connectivity index (χ0n) is 8.52. The molecule has 2 rings (SSSR count). The number of rotatable bonds is 3. The molecule has 0 fully saturated rings. The third-order valence-electron chi connectivity index (χ3n) is 2.08. The fourth-order valence-corrected chi connectivity index (χ4v) is 2.60. The van der Waals surface area contributed by atoms with Crippen molar-refractivity contribution in [2.45, 2.75) is 6.42 Å². The van der Waals surface area contributed by atoms with Gasteiger partial charge in [0.15, 0.2) is 5.13 Å². The van der Waals surface area contributed by atoms with Gasteiger partial charge in [0.25, 0.3) is 0 Å². The van der Waals surface area contributed by atoms with E-state index in [0.717, 1.165) is 22.6 Å². The predicted molar refractivity (Wildman–Crippen MR) is 76.7 cm³/mol. The van der Waals surface area contributed by atoms with Crippen molar-refractivity contribution in [3.8, 4) is 11.3 Å². The van der Waals surface area contributed by atoms with E-state index in [1.807, 2.05) is 30.3 Å². The minimum absolute atomic E-state index is 0. The molecule has 1 aromatic heterocycles. The van der Waals surface area contributed by atoms with E-state index in [9.17, 15) is 0 Å². The summed E-state index contributed by atoms with van der Waals surface area (Å²) in [4.78, 5) is 5.50. The summed E-state index contributed by atoms with van der Waals surface area (Å²) in [5.74, 6) is 0.599. The number of nitrogens with zero attached hydrogens (tertiary/aromatic N) is 1. The quantitative estimate of drug-likeness (QED) is 0.875. The zero-order valence-corrected chi connectivity index (χ0v) is 11.8. The normalized spacial score (nSPS) is 9.81. The summed E-state index contributed by atoms with van der Waals surface area (Å²) in [5.41, 5.74) is 7.78. The van der Waals surface area contributed by atoms with Crippen LogP contribution in [0.15, 0.2) is 30.3 Å². The molecule has 5 heteroatoms. The van der Waals surface area contributed by atoms with Crippen molar-refractivity contribution in [3.05, 3.63) is 35.2 Å². The Balaban J connectivity index is 0.00000128. The molecule has 0 bridgehead atoms. The smallest absolute Gasteiger partial charge is 0.180 e. The highest BCUT2D eigenvalue weighted by molar-refractivity contribution is 8.93. The van der Waals surface area contributed by atoms with Gasteiger partial charge in [-0.25, -0.2) is 4.98 Å². The number of halogens is 2. The summed E-state index contributed by atoms with van der Waals surface area (Å²) in [6.45, 7) is 0. The summed E-state index contributed by atoms with van der Waals surface area (Å²) in [6, 6.07) is 10.0. The van der Waals surface area contributed by atoms with Crippen LogP contribution in [0.3, 0.4) is 0 Å². The Hall–Kier alpha value is -0.580. The molecular weight excluding hydrogens is 308 g/mol. The molecule has 2 nitrogen and oxygen atoms in total. The fraction of sp³-hybridized carbons (Fsp3) is 0.182. The van der Waals surface area contributed by atoms with Crippen molar-refractivity contribution in [2.24, 2.45) is 0 Å². The highest BCUT2D eigenvalue weighted by Gasteiger charge is 2.10. The van der Waals surface area contributed by atoms with Gasteiger partial charge in [-0.1, -0.05) is 30.3 Å². The molecule has 0 spiro atoms. The van der Waals surface area contributed by atoms with Gasteiger partial charge in [0.2, 0.25) is 0 Å². The number of benzene rings is 1. The van der Waals surface area contributed by atoms with Crippen molar-refractivity contribution in [1.82, 2.24) is 4.98 Å². The number of alkyl halides is 1. The SMILES string of the molecule is Br.Nc1nc(-c2ccccc2)c(CCCl)s1. The number of nitrogen functional groups attached to an aromatic ring is 1. The molecule has 1 aromatic carbocycles. The second-order valence-electron chi connectivity index (χ2n) is 3.13. The molecule has 86 valence electrons. The van der Waals surface area contributed by atoms with Crippen LogP contribution in [-0.2, 0) is 6.42 Å². The Morgan fingerprint density at radius 2 is 1.94 bits per heavy atom. The predicted octanol–water partition coefficient (Wildman–Crippen LogP) is 3.75.